The molecule has 144 valence electrons. The van der Waals surface area contributed by atoms with Crippen molar-refractivity contribution < 1.29 is 13.2 Å². The number of alkyl halides is 3. The van der Waals surface area contributed by atoms with Crippen LogP contribution in [0.15, 0.2) is 52.3 Å². The molecule has 0 spiro atoms. The number of aromatic nitrogens is 2. The Balaban J connectivity index is 1.41. The summed E-state index contributed by atoms with van der Waals surface area (Å²) in [5, 5.41) is 13.9. The van der Waals surface area contributed by atoms with E-state index < -0.39 is 11.7 Å². The van der Waals surface area contributed by atoms with Crippen molar-refractivity contribution >= 4 is 28.1 Å². The molecule has 0 saturated heterocycles. The fourth-order valence-corrected chi connectivity index (χ4v) is 3.12. The van der Waals surface area contributed by atoms with E-state index in [4.69, 9.17) is 0 Å². The van der Waals surface area contributed by atoms with Gasteiger partial charge in [-0.3, -0.25) is 4.79 Å². The van der Waals surface area contributed by atoms with Crippen LogP contribution in [-0.2, 0) is 12.6 Å². The van der Waals surface area contributed by atoms with Gasteiger partial charge in [0, 0.05) is 0 Å². The Morgan fingerprint density at radius 1 is 1.11 bits per heavy atom. The summed E-state index contributed by atoms with van der Waals surface area (Å²) in [6, 6.07) is 10.6. The molecule has 6 nitrogen and oxygen atoms in total. The Kier molecular flexibility index (Phi) is 4.60. The molecule has 3 aromatic rings. The third-order valence-electron chi connectivity index (χ3n) is 4.45. The first-order chi connectivity index (χ1) is 13.4. The van der Waals surface area contributed by atoms with E-state index in [1.165, 1.54) is 6.07 Å². The van der Waals surface area contributed by atoms with E-state index in [1.54, 1.807) is 18.2 Å². The highest BCUT2D eigenvalue weighted by atomic mass is 19.4. The quantitative estimate of drug-likeness (QED) is 0.587. The Morgan fingerprint density at radius 3 is 2.75 bits per heavy atom. The second-order valence-electron chi connectivity index (χ2n) is 6.41. The zero-order valence-corrected chi connectivity index (χ0v) is 14.6. The lowest BCUT2D eigenvalue weighted by molar-refractivity contribution is -0.137. The number of rotatable bonds is 5. The number of hydrogen-bond acceptors (Lipinski definition) is 5. The fourth-order valence-electron chi connectivity index (χ4n) is 3.12. The normalized spacial score (nSPS) is 13.3. The maximum Gasteiger partial charge on any atom is 0.416 e. The van der Waals surface area contributed by atoms with Crippen molar-refractivity contribution in [3.05, 3.63) is 63.9 Å². The number of halogens is 3. The van der Waals surface area contributed by atoms with Gasteiger partial charge in [-0.25, -0.2) is 10.1 Å². The van der Waals surface area contributed by atoms with E-state index in [2.05, 4.69) is 25.8 Å². The van der Waals surface area contributed by atoms with Crippen LogP contribution in [0.4, 0.5) is 24.7 Å². The molecule has 0 aliphatic carbocycles. The van der Waals surface area contributed by atoms with E-state index >= 15 is 0 Å². The van der Waals surface area contributed by atoms with Crippen molar-refractivity contribution in [3.63, 3.8) is 0 Å². The molecular weight excluding hydrogens is 371 g/mol. The minimum atomic E-state index is -4.34. The summed E-state index contributed by atoms with van der Waals surface area (Å²) >= 11 is 0. The minimum Gasteiger partial charge on any atom is -0.342 e. The van der Waals surface area contributed by atoms with Crippen LogP contribution in [0.25, 0.3) is 10.8 Å². The minimum absolute atomic E-state index is 0.278. The SMILES string of the molecule is O=c1[nH]nc2c3c(cccc13)NC(CNCCc1cccc(C(F)(F)F)c1)=N2. The molecule has 2 heterocycles. The molecule has 9 heteroatoms. The number of benzene rings is 2. The monoisotopic (exact) mass is 387 g/mol. The molecule has 0 unspecified atom stereocenters. The molecule has 0 radical (unpaired) electrons. The van der Waals surface area contributed by atoms with Crippen molar-refractivity contribution in [3.8, 4) is 0 Å². The zero-order valence-electron chi connectivity index (χ0n) is 14.6. The van der Waals surface area contributed by atoms with Crippen molar-refractivity contribution in [2.75, 3.05) is 18.4 Å². The van der Waals surface area contributed by atoms with Crippen LogP contribution in [0.3, 0.4) is 0 Å². The number of amidine groups is 1. The van der Waals surface area contributed by atoms with Gasteiger partial charge in [0.15, 0.2) is 5.82 Å². The molecule has 4 rings (SSSR count). The first-order valence-corrected chi connectivity index (χ1v) is 8.65. The van der Waals surface area contributed by atoms with Gasteiger partial charge in [-0.15, -0.1) is 0 Å². The average Bonchev–Trinajstić information content (AvgIpc) is 2.68. The van der Waals surface area contributed by atoms with E-state index in [1.807, 2.05) is 6.07 Å². The largest absolute Gasteiger partial charge is 0.416 e. The number of nitrogens with one attached hydrogen (secondary N) is 3. The summed E-state index contributed by atoms with van der Waals surface area (Å²) in [5.74, 6) is 1.04. The van der Waals surface area contributed by atoms with E-state index in [0.29, 0.717) is 47.5 Å². The summed E-state index contributed by atoms with van der Waals surface area (Å²) in [6.07, 6.45) is -3.89. The maximum absolute atomic E-state index is 12.8. The molecule has 28 heavy (non-hydrogen) atoms. The fraction of sp³-hybridized carbons (Fsp3) is 0.211. The highest BCUT2D eigenvalue weighted by molar-refractivity contribution is 6.12. The standard InChI is InChI=1S/C19H16F3N5O/c20-19(21,22)12-4-1-3-11(9-12)7-8-23-10-15-24-14-6-2-5-13-16(14)17(25-15)26-27-18(13)28/h1-6,9,23H,7-8,10H2,(H,27,28)(H,24,25,26). The smallest absolute Gasteiger partial charge is 0.342 e. The summed E-state index contributed by atoms with van der Waals surface area (Å²) in [7, 11) is 0. The van der Waals surface area contributed by atoms with Crippen molar-refractivity contribution in [2.24, 2.45) is 4.99 Å². The number of anilines is 1. The third-order valence-corrected chi connectivity index (χ3v) is 4.45. The Labute approximate surface area is 157 Å². The first-order valence-electron chi connectivity index (χ1n) is 8.65. The lowest BCUT2D eigenvalue weighted by Crippen LogP contribution is -2.31. The molecular formula is C19H16F3N5O. The molecule has 0 saturated carbocycles. The van der Waals surface area contributed by atoms with Gasteiger partial charge in [-0.05, 0) is 36.7 Å². The van der Waals surface area contributed by atoms with Gasteiger partial charge in [0.25, 0.3) is 5.56 Å². The van der Waals surface area contributed by atoms with Crippen LogP contribution in [0.5, 0.6) is 0 Å². The summed E-state index contributed by atoms with van der Waals surface area (Å²) in [4.78, 5) is 16.3. The number of hydrogen-bond donors (Lipinski definition) is 3. The molecule has 1 aliphatic heterocycles. The molecule has 0 fully saturated rings. The van der Waals surface area contributed by atoms with Crippen molar-refractivity contribution in [1.29, 1.82) is 0 Å². The number of aromatic amines is 1. The van der Waals surface area contributed by atoms with Crippen LogP contribution < -0.4 is 16.2 Å². The van der Waals surface area contributed by atoms with Gasteiger partial charge in [-0.2, -0.15) is 18.3 Å². The molecule has 2 aromatic carbocycles. The zero-order chi connectivity index (χ0) is 19.7. The lowest BCUT2D eigenvalue weighted by atomic mass is 10.1. The van der Waals surface area contributed by atoms with Crippen LogP contribution in [0, 0.1) is 0 Å². The Morgan fingerprint density at radius 2 is 1.93 bits per heavy atom. The van der Waals surface area contributed by atoms with Crippen LogP contribution in [-0.4, -0.2) is 29.1 Å². The van der Waals surface area contributed by atoms with Crippen LogP contribution >= 0.6 is 0 Å². The first kappa shape index (κ1) is 18.2. The van der Waals surface area contributed by atoms with Gasteiger partial charge in [0.2, 0.25) is 0 Å². The summed E-state index contributed by atoms with van der Waals surface area (Å²) < 4.78 is 38.3. The summed E-state index contributed by atoms with van der Waals surface area (Å²) in [5.41, 5.74) is 0.430. The van der Waals surface area contributed by atoms with E-state index in [0.717, 1.165) is 17.8 Å². The molecule has 1 aromatic heterocycles. The second kappa shape index (κ2) is 7.08. The van der Waals surface area contributed by atoms with Gasteiger partial charge >= 0.3 is 6.18 Å². The summed E-state index contributed by atoms with van der Waals surface area (Å²) in [6.45, 7) is 0.869. The van der Waals surface area contributed by atoms with Crippen molar-refractivity contribution in [1.82, 2.24) is 15.5 Å². The van der Waals surface area contributed by atoms with E-state index in [9.17, 15) is 18.0 Å². The van der Waals surface area contributed by atoms with Crippen molar-refractivity contribution in [2.45, 2.75) is 12.6 Å². The second-order valence-corrected chi connectivity index (χ2v) is 6.41. The third kappa shape index (κ3) is 3.61. The average molecular weight is 387 g/mol. The number of H-pyrrole nitrogens is 1. The lowest BCUT2D eigenvalue weighted by Gasteiger charge is -2.18. The van der Waals surface area contributed by atoms with Crippen LogP contribution in [0.2, 0.25) is 0 Å². The van der Waals surface area contributed by atoms with Gasteiger partial charge < -0.3 is 10.6 Å². The molecule has 0 amide bonds. The molecule has 0 atom stereocenters. The topological polar surface area (TPSA) is 82.2 Å². The molecule has 3 N–H and O–H groups in total. The van der Waals surface area contributed by atoms with Gasteiger partial charge in [-0.1, -0.05) is 24.3 Å². The maximum atomic E-state index is 12.8. The van der Waals surface area contributed by atoms with Gasteiger partial charge in [0.05, 0.1) is 28.6 Å². The number of nitrogens with zero attached hydrogens (tertiary/aromatic N) is 2. The van der Waals surface area contributed by atoms with E-state index in [-0.39, 0.29) is 5.56 Å². The highest BCUT2D eigenvalue weighted by Crippen LogP contribution is 2.31. The highest BCUT2D eigenvalue weighted by Gasteiger charge is 2.30. The van der Waals surface area contributed by atoms with Crippen LogP contribution in [0.1, 0.15) is 11.1 Å². The molecule has 0 bridgehead atoms. The predicted molar refractivity (Wildman–Crippen MR) is 101 cm³/mol. The molecule has 1 aliphatic rings. The Hall–Kier alpha value is -3.20. The number of aliphatic imine (C=N–C) groups is 1. The van der Waals surface area contributed by atoms with Gasteiger partial charge in [0.1, 0.15) is 5.84 Å². The predicted octanol–water partition coefficient (Wildman–Crippen LogP) is 3.23. The Bertz CT molecular complexity index is 1120.